The van der Waals surface area contributed by atoms with Gasteiger partial charge in [-0.1, -0.05) is 200 Å². The average molecular weight is 880 g/mol. The van der Waals surface area contributed by atoms with Crippen molar-refractivity contribution in [3.8, 4) is 62.1 Å². The molecule has 1 spiro atoms. The van der Waals surface area contributed by atoms with Gasteiger partial charge in [-0.15, -0.1) is 0 Å². The Morgan fingerprint density at radius 1 is 0.406 bits per heavy atom. The number of hydrogen-bond donors (Lipinski definition) is 0. The molecule has 322 valence electrons. The third-order valence-electron chi connectivity index (χ3n) is 15.2. The first-order valence-electron chi connectivity index (χ1n) is 23.9. The van der Waals surface area contributed by atoms with E-state index in [9.17, 15) is 0 Å². The Kier molecular flexibility index (Phi) is 8.05. The van der Waals surface area contributed by atoms with Gasteiger partial charge in [-0.25, -0.2) is 15.0 Å². The highest BCUT2D eigenvalue weighted by Crippen LogP contribution is 2.63. The van der Waals surface area contributed by atoms with Gasteiger partial charge in [-0.3, -0.25) is 0 Å². The molecule has 5 nitrogen and oxygen atoms in total. The fourth-order valence-electron chi connectivity index (χ4n) is 12.4. The van der Waals surface area contributed by atoms with Crippen molar-refractivity contribution < 1.29 is 0 Å². The molecule has 0 saturated carbocycles. The van der Waals surface area contributed by atoms with Crippen molar-refractivity contribution in [1.82, 2.24) is 19.5 Å². The van der Waals surface area contributed by atoms with Gasteiger partial charge < -0.3 is 9.47 Å². The van der Waals surface area contributed by atoms with Crippen LogP contribution in [0.15, 0.2) is 237 Å². The number of anilines is 2. The van der Waals surface area contributed by atoms with Crippen molar-refractivity contribution in [1.29, 1.82) is 0 Å². The van der Waals surface area contributed by atoms with E-state index in [2.05, 4.69) is 210 Å². The van der Waals surface area contributed by atoms with Crippen LogP contribution in [0.3, 0.4) is 0 Å². The third-order valence-corrected chi connectivity index (χ3v) is 15.2. The summed E-state index contributed by atoms with van der Waals surface area (Å²) >= 11 is 0. The van der Waals surface area contributed by atoms with Gasteiger partial charge in [0, 0.05) is 44.8 Å². The predicted molar refractivity (Wildman–Crippen MR) is 280 cm³/mol. The van der Waals surface area contributed by atoms with Crippen LogP contribution in [-0.2, 0) is 5.41 Å². The van der Waals surface area contributed by atoms with Crippen LogP contribution in [0.2, 0.25) is 0 Å². The van der Waals surface area contributed by atoms with Gasteiger partial charge in [0.05, 0.1) is 28.2 Å². The van der Waals surface area contributed by atoms with Crippen LogP contribution in [0.4, 0.5) is 11.4 Å². The molecule has 69 heavy (non-hydrogen) atoms. The van der Waals surface area contributed by atoms with Crippen molar-refractivity contribution in [2.24, 2.45) is 0 Å². The summed E-state index contributed by atoms with van der Waals surface area (Å²) in [5, 5.41) is 2.51. The zero-order valence-corrected chi connectivity index (χ0v) is 37.4. The molecule has 3 atom stereocenters. The zero-order chi connectivity index (χ0) is 45.2. The molecule has 3 unspecified atom stereocenters. The lowest BCUT2D eigenvalue weighted by Gasteiger charge is -2.39. The van der Waals surface area contributed by atoms with E-state index >= 15 is 0 Å². The van der Waals surface area contributed by atoms with Gasteiger partial charge in [0.2, 0.25) is 0 Å². The Morgan fingerprint density at radius 3 is 1.84 bits per heavy atom. The Balaban J connectivity index is 1.02. The lowest BCUT2D eigenvalue weighted by atomic mass is 9.65. The molecule has 0 bridgehead atoms. The monoisotopic (exact) mass is 879 g/mol. The zero-order valence-electron chi connectivity index (χ0n) is 37.4. The van der Waals surface area contributed by atoms with Crippen LogP contribution in [0, 0.1) is 0 Å². The number of aromatic nitrogens is 4. The lowest BCUT2D eigenvalue weighted by molar-refractivity contribution is 0.745. The van der Waals surface area contributed by atoms with Crippen molar-refractivity contribution in [2.75, 3.05) is 4.90 Å². The van der Waals surface area contributed by atoms with E-state index in [-0.39, 0.29) is 12.0 Å². The minimum absolute atomic E-state index is 0.212. The molecule has 11 aromatic rings. The van der Waals surface area contributed by atoms with Crippen molar-refractivity contribution >= 4 is 33.2 Å². The van der Waals surface area contributed by atoms with Crippen LogP contribution >= 0.6 is 0 Å². The number of nitrogens with zero attached hydrogens (tertiary/aromatic N) is 5. The minimum atomic E-state index is -0.659. The summed E-state index contributed by atoms with van der Waals surface area (Å²) in [6, 6.07) is 77.6. The predicted octanol–water partition coefficient (Wildman–Crippen LogP) is 15.0. The molecule has 0 fully saturated rings. The van der Waals surface area contributed by atoms with Crippen molar-refractivity contribution in [3.05, 3.63) is 264 Å². The highest BCUT2D eigenvalue weighted by molar-refractivity contribution is 6.13. The summed E-state index contributed by atoms with van der Waals surface area (Å²) in [6.45, 7) is 0. The van der Waals surface area contributed by atoms with E-state index in [1.165, 1.54) is 77.8 Å². The van der Waals surface area contributed by atoms with Crippen LogP contribution in [0.25, 0.3) is 83.9 Å². The van der Waals surface area contributed by atoms with Gasteiger partial charge in [0.15, 0.2) is 17.5 Å². The number of para-hydroxylation sites is 4. The molecular weight excluding hydrogens is 839 g/mol. The molecule has 4 heterocycles. The normalized spacial score (nSPS) is 17.8. The first-order chi connectivity index (χ1) is 34.2. The van der Waals surface area contributed by atoms with Crippen LogP contribution in [0.1, 0.15) is 33.7 Å². The van der Waals surface area contributed by atoms with Gasteiger partial charge in [0.25, 0.3) is 0 Å². The molecule has 15 rings (SSSR count). The number of fused-ring (bicyclic) bond motifs is 15. The van der Waals surface area contributed by atoms with Crippen LogP contribution in [0.5, 0.6) is 0 Å². The SMILES string of the molecule is C1=CC2c3ccc(-c4ccc5c(c4)-c4c(-c6nc(-c7ccccc7)nc(-c7ccccc7)n6)cccc4C54c5ccccc5-n5c6ccccc6c6cccc4c65)cc3N(c3ccccc3)C2C=C1. The van der Waals surface area contributed by atoms with Gasteiger partial charge in [-0.2, -0.15) is 0 Å². The number of benzene rings is 9. The highest BCUT2D eigenvalue weighted by Gasteiger charge is 2.52. The maximum atomic E-state index is 5.38. The molecule has 0 amide bonds. The van der Waals surface area contributed by atoms with Gasteiger partial charge >= 0.3 is 0 Å². The summed E-state index contributed by atoms with van der Waals surface area (Å²) in [5.41, 5.74) is 19.3. The molecule has 2 aliphatic carbocycles. The number of rotatable bonds is 5. The summed E-state index contributed by atoms with van der Waals surface area (Å²) in [7, 11) is 0. The molecular formula is C64H41N5. The quantitative estimate of drug-likeness (QED) is 0.173. The first-order valence-corrected chi connectivity index (χ1v) is 23.9. The lowest BCUT2D eigenvalue weighted by Crippen LogP contribution is -2.33. The summed E-state index contributed by atoms with van der Waals surface area (Å²) in [5.74, 6) is 2.20. The van der Waals surface area contributed by atoms with E-state index in [1.807, 2.05) is 36.4 Å². The van der Waals surface area contributed by atoms with E-state index in [0.717, 1.165) is 27.8 Å². The molecule has 9 aromatic carbocycles. The van der Waals surface area contributed by atoms with Crippen molar-refractivity contribution in [2.45, 2.75) is 17.4 Å². The molecule has 2 aliphatic heterocycles. The van der Waals surface area contributed by atoms with E-state index in [0.29, 0.717) is 17.5 Å². The number of allylic oxidation sites excluding steroid dienone is 2. The standard InChI is InChI=1S/C64H41N5/c1-4-18-40(19-5-1)61-65-62(41-20-6-2-7-21-41)67-63(66-61)49-27-17-29-53-59(49)50-38-42(43-34-36-47-45-24-10-13-31-55(45)68(58(47)39-43)44-22-8-3-9-23-44)35-37-51(50)64(53)52-28-12-15-33-57(52)69-56-32-14-11-25-46(56)48-26-16-30-54(64)60(48)69/h1-39,45,55H. The number of hydrogen-bond acceptors (Lipinski definition) is 4. The molecule has 0 N–H and O–H groups in total. The maximum Gasteiger partial charge on any atom is 0.164 e. The third kappa shape index (κ3) is 5.33. The second-order valence-corrected chi connectivity index (χ2v) is 18.6. The molecule has 2 aromatic heterocycles. The smallest absolute Gasteiger partial charge is 0.164 e. The highest BCUT2D eigenvalue weighted by atomic mass is 15.2. The van der Waals surface area contributed by atoms with Crippen LogP contribution in [-0.4, -0.2) is 25.6 Å². The van der Waals surface area contributed by atoms with Gasteiger partial charge in [0.1, 0.15) is 0 Å². The largest absolute Gasteiger partial charge is 0.333 e. The fraction of sp³-hybridized carbons (Fsp3) is 0.0469. The Morgan fingerprint density at radius 2 is 1.03 bits per heavy atom. The summed E-state index contributed by atoms with van der Waals surface area (Å²) < 4.78 is 2.51. The van der Waals surface area contributed by atoms with E-state index in [1.54, 1.807) is 0 Å². The Hall–Kier alpha value is -8.93. The molecule has 5 heteroatoms. The maximum absolute atomic E-state index is 5.38. The topological polar surface area (TPSA) is 46.8 Å². The Bertz CT molecular complexity index is 3920. The average Bonchev–Trinajstić information content (AvgIpc) is 4.05. The van der Waals surface area contributed by atoms with Crippen LogP contribution < -0.4 is 4.90 Å². The molecule has 4 aliphatic rings. The Labute approximate surface area is 399 Å². The van der Waals surface area contributed by atoms with Gasteiger partial charge in [-0.05, 0) is 86.5 Å². The first kappa shape index (κ1) is 38.2. The summed E-state index contributed by atoms with van der Waals surface area (Å²) in [4.78, 5) is 18.4. The minimum Gasteiger partial charge on any atom is -0.333 e. The second kappa shape index (κ2) is 14.5. The fourth-order valence-corrected chi connectivity index (χ4v) is 12.4. The molecule has 0 saturated heterocycles. The molecule has 0 radical (unpaired) electrons. The summed E-state index contributed by atoms with van der Waals surface area (Å²) in [6.07, 6.45) is 9.09. The van der Waals surface area contributed by atoms with E-state index in [4.69, 9.17) is 15.0 Å². The van der Waals surface area contributed by atoms with Crippen molar-refractivity contribution in [3.63, 3.8) is 0 Å². The van der Waals surface area contributed by atoms with E-state index < -0.39 is 5.41 Å². The second-order valence-electron chi connectivity index (χ2n) is 18.6.